The molecule has 7 rings (SSSR count). The van der Waals surface area contributed by atoms with Crippen molar-refractivity contribution in [1.29, 1.82) is 0 Å². The molecule has 0 amide bonds. The van der Waals surface area contributed by atoms with Crippen molar-refractivity contribution in [2.24, 2.45) is 0 Å². The van der Waals surface area contributed by atoms with Gasteiger partial charge in [0.1, 0.15) is 23.0 Å². The van der Waals surface area contributed by atoms with E-state index in [1.807, 2.05) is 59.5 Å². The largest absolute Gasteiger partial charge is 0.453 e. The van der Waals surface area contributed by atoms with Crippen LogP contribution in [0, 0.1) is 23.3 Å². The van der Waals surface area contributed by atoms with Gasteiger partial charge in [0.25, 0.3) is 0 Å². The summed E-state index contributed by atoms with van der Waals surface area (Å²) < 4.78 is 62.3. The van der Waals surface area contributed by atoms with Crippen LogP contribution in [0.1, 0.15) is 0 Å². The number of hydrogen-bond donors (Lipinski definition) is 0. The second-order valence-electron chi connectivity index (χ2n) is 9.93. The van der Waals surface area contributed by atoms with Crippen LogP contribution >= 0.6 is 0 Å². The minimum Gasteiger partial charge on any atom is -0.453 e. The predicted octanol–water partition coefficient (Wildman–Crippen LogP) is 10.9. The summed E-state index contributed by atoms with van der Waals surface area (Å²) in [5.41, 5.74) is 5.90. The Kier molecular flexibility index (Phi) is 6.24. The van der Waals surface area contributed by atoms with Gasteiger partial charge < -0.3 is 9.32 Å². The molecule has 0 saturated heterocycles. The normalized spacial score (nSPS) is 11.3. The third kappa shape index (κ3) is 4.47. The Morgan fingerprint density at radius 1 is 0.476 bits per heavy atom. The van der Waals surface area contributed by atoms with Crippen LogP contribution in [0.25, 0.3) is 44.2 Å². The smallest absolute Gasteiger partial charge is 0.171 e. The standard InChI is InChI=1S/C36H21F4NO/c37-24-13-9-22(10-14-24)28-5-1-3-7-33(28)41(34-8-4-2-6-29(34)23-11-15-25(38)16-12-23)27-17-18-30-31-19-26(39)20-32(40)36(31)42-35(30)21-27/h1-21H. The second-order valence-corrected chi connectivity index (χ2v) is 9.93. The van der Waals surface area contributed by atoms with Crippen LogP contribution < -0.4 is 4.90 Å². The van der Waals surface area contributed by atoms with E-state index >= 15 is 0 Å². The first-order valence-corrected chi connectivity index (χ1v) is 13.3. The number of rotatable bonds is 5. The molecule has 0 spiro atoms. The Hall–Kier alpha value is -5.36. The first-order chi connectivity index (χ1) is 20.5. The number of anilines is 3. The van der Waals surface area contributed by atoms with Crippen molar-refractivity contribution in [3.8, 4) is 22.3 Å². The van der Waals surface area contributed by atoms with E-state index in [1.54, 1.807) is 36.4 Å². The number of nitrogens with zero attached hydrogens (tertiary/aromatic N) is 1. The molecule has 0 aliphatic carbocycles. The van der Waals surface area contributed by atoms with Crippen LogP contribution in [0.15, 0.2) is 132 Å². The Balaban J connectivity index is 1.50. The van der Waals surface area contributed by atoms with Crippen molar-refractivity contribution in [3.63, 3.8) is 0 Å². The number of hydrogen-bond acceptors (Lipinski definition) is 2. The number of para-hydroxylation sites is 2. The predicted molar refractivity (Wildman–Crippen MR) is 159 cm³/mol. The maximum Gasteiger partial charge on any atom is 0.171 e. The van der Waals surface area contributed by atoms with Gasteiger partial charge in [-0.1, -0.05) is 60.7 Å². The number of fused-ring (bicyclic) bond motifs is 3. The van der Waals surface area contributed by atoms with E-state index in [9.17, 15) is 17.6 Å². The van der Waals surface area contributed by atoms with Gasteiger partial charge in [0.15, 0.2) is 11.4 Å². The molecule has 0 bridgehead atoms. The monoisotopic (exact) mass is 559 g/mol. The van der Waals surface area contributed by atoms with Crippen molar-refractivity contribution < 1.29 is 22.0 Å². The first-order valence-electron chi connectivity index (χ1n) is 13.3. The highest BCUT2D eigenvalue weighted by molar-refractivity contribution is 6.07. The van der Waals surface area contributed by atoms with Crippen molar-refractivity contribution >= 4 is 39.0 Å². The van der Waals surface area contributed by atoms with Crippen molar-refractivity contribution in [1.82, 2.24) is 0 Å². The summed E-state index contributed by atoms with van der Waals surface area (Å²) in [6, 6.07) is 35.5. The van der Waals surface area contributed by atoms with Gasteiger partial charge in [-0.05, 0) is 65.7 Å². The van der Waals surface area contributed by atoms with Gasteiger partial charge >= 0.3 is 0 Å². The number of halogens is 4. The summed E-state index contributed by atoms with van der Waals surface area (Å²) >= 11 is 0. The van der Waals surface area contributed by atoms with Gasteiger partial charge in [-0.25, -0.2) is 17.6 Å². The van der Waals surface area contributed by atoms with Crippen LogP contribution in [0.4, 0.5) is 34.6 Å². The molecule has 42 heavy (non-hydrogen) atoms. The summed E-state index contributed by atoms with van der Waals surface area (Å²) in [5.74, 6) is -2.14. The quantitative estimate of drug-likeness (QED) is 0.195. The Labute approximate surface area is 238 Å². The molecule has 6 aromatic carbocycles. The fourth-order valence-corrected chi connectivity index (χ4v) is 5.42. The van der Waals surface area contributed by atoms with E-state index in [0.29, 0.717) is 22.0 Å². The summed E-state index contributed by atoms with van der Waals surface area (Å²) in [7, 11) is 0. The molecular formula is C36H21F4NO. The van der Waals surface area contributed by atoms with Gasteiger partial charge in [0, 0.05) is 39.7 Å². The zero-order valence-corrected chi connectivity index (χ0v) is 22.0. The average Bonchev–Trinajstić information content (AvgIpc) is 3.37. The van der Waals surface area contributed by atoms with Crippen molar-refractivity contribution in [3.05, 3.63) is 151 Å². The molecule has 0 unspecified atom stereocenters. The maximum atomic E-state index is 14.6. The van der Waals surface area contributed by atoms with E-state index in [-0.39, 0.29) is 17.2 Å². The average molecular weight is 560 g/mol. The zero-order valence-electron chi connectivity index (χ0n) is 22.0. The van der Waals surface area contributed by atoms with Crippen LogP contribution in [0.3, 0.4) is 0 Å². The fraction of sp³-hybridized carbons (Fsp3) is 0. The van der Waals surface area contributed by atoms with Crippen molar-refractivity contribution in [2.75, 3.05) is 4.90 Å². The molecule has 7 aromatic rings. The van der Waals surface area contributed by atoms with Gasteiger partial charge in [-0.15, -0.1) is 0 Å². The maximum absolute atomic E-state index is 14.6. The van der Waals surface area contributed by atoms with E-state index in [0.717, 1.165) is 39.7 Å². The lowest BCUT2D eigenvalue weighted by Gasteiger charge is -2.30. The topological polar surface area (TPSA) is 16.4 Å². The summed E-state index contributed by atoms with van der Waals surface area (Å²) in [4.78, 5) is 2.03. The zero-order chi connectivity index (χ0) is 28.8. The molecular weight excluding hydrogens is 538 g/mol. The minimum absolute atomic E-state index is 0.0199. The molecule has 0 N–H and O–H groups in total. The van der Waals surface area contributed by atoms with Gasteiger partial charge in [0.2, 0.25) is 0 Å². The highest BCUT2D eigenvalue weighted by atomic mass is 19.1. The molecule has 1 aromatic heterocycles. The van der Waals surface area contributed by atoms with Gasteiger partial charge in [0.05, 0.1) is 11.4 Å². The summed E-state index contributed by atoms with van der Waals surface area (Å²) in [6.45, 7) is 0. The van der Waals surface area contributed by atoms with E-state index in [2.05, 4.69) is 0 Å². The van der Waals surface area contributed by atoms with Crippen LogP contribution in [-0.4, -0.2) is 0 Å². The van der Waals surface area contributed by atoms with Crippen LogP contribution in [0.5, 0.6) is 0 Å². The van der Waals surface area contributed by atoms with E-state index < -0.39 is 11.6 Å². The van der Waals surface area contributed by atoms with Gasteiger partial charge in [-0.2, -0.15) is 0 Å². The first kappa shape index (κ1) is 25.6. The Morgan fingerprint density at radius 2 is 1.02 bits per heavy atom. The Morgan fingerprint density at radius 3 is 1.60 bits per heavy atom. The molecule has 2 nitrogen and oxygen atoms in total. The van der Waals surface area contributed by atoms with Crippen molar-refractivity contribution in [2.45, 2.75) is 0 Å². The molecule has 204 valence electrons. The minimum atomic E-state index is -0.775. The highest BCUT2D eigenvalue weighted by Gasteiger charge is 2.22. The lowest BCUT2D eigenvalue weighted by atomic mass is 9.98. The molecule has 0 aliphatic rings. The molecule has 0 aliphatic heterocycles. The third-order valence-electron chi connectivity index (χ3n) is 7.33. The van der Waals surface area contributed by atoms with E-state index in [1.165, 1.54) is 30.3 Å². The fourth-order valence-electron chi connectivity index (χ4n) is 5.42. The summed E-state index contributed by atoms with van der Waals surface area (Å²) in [5, 5.41) is 0.921. The number of benzene rings is 6. The molecule has 0 radical (unpaired) electrons. The molecule has 0 atom stereocenters. The number of furan rings is 1. The van der Waals surface area contributed by atoms with Crippen LogP contribution in [-0.2, 0) is 0 Å². The molecule has 1 heterocycles. The third-order valence-corrected chi connectivity index (χ3v) is 7.33. The van der Waals surface area contributed by atoms with E-state index in [4.69, 9.17) is 4.42 Å². The molecule has 6 heteroatoms. The SMILES string of the molecule is Fc1ccc(-c2ccccc2N(c2ccc3c(c2)oc2c(F)cc(F)cc23)c2ccccc2-c2ccc(F)cc2)cc1. The highest BCUT2D eigenvalue weighted by Crippen LogP contribution is 2.45. The second kappa shape index (κ2) is 10.2. The lowest BCUT2D eigenvalue weighted by molar-refractivity contribution is 0.562. The molecule has 0 fully saturated rings. The summed E-state index contributed by atoms with van der Waals surface area (Å²) in [6.07, 6.45) is 0. The van der Waals surface area contributed by atoms with Gasteiger partial charge in [-0.3, -0.25) is 0 Å². The Bertz CT molecular complexity index is 1990. The lowest BCUT2D eigenvalue weighted by Crippen LogP contribution is -2.12. The van der Waals surface area contributed by atoms with Crippen LogP contribution in [0.2, 0.25) is 0 Å². The molecule has 0 saturated carbocycles.